The summed E-state index contributed by atoms with van der Waals surface area (Å²) in [6, 6.07) is 6.40. The fraction of sp³-hybridized carbons (Fsp3) is 0.500. The summed E-state index contributed by atoms with van der Waals surface area (Å²) >= 11 is 0. The predicted octanol–water partition coefficient (Wildman–Crippen LogP) is 2.99. The molecule has 1 aromatic carbocycles. The van der Waals surface area contributed by atoms with Crippen LogP contribution in [-0.2, 0) is 4.79 Å². The number of halogens is 1. The Morgan fingerprint density at radius 1 is 1.32 bits per heavy atom. The lowest BCUT2D eigenvalue weighted by atomic mass is 9.71. The highest BCUT2D eigenvalue weighted by Gasteiger charge is 2.43. The standard InChI is InChI=1S/C18H22FNO2/c19-16-7-2-1-5-14(16)8-9-17(21)20-12-11-18(22)10-4-3-6-15(18)13-20/h1-2,5,7-9,15,22H,3-4,6,10-13H2/b9-8+. The molecule has 1 heterocycles. The molecule has 3 rings (SSSR count). The van der Waals surface area contributed by atoms with E-state index in [0.717, 1.165) is 25.7 Å². The van der Waals surface area contributed by atoms with Crippen LogP contribution in [0.2, 0.25) is 0 Å². The first-order chi connectivity index (χ1) is 10.6. The van der Waals surface area contributed by atoms with Gasteiger partial charge in [0.2, 0.25) is 5.91 Å². The van der Waals surface area contributed by atoms with Crippen LogP contribution in [0.1, 0.15) is 37.7 Å². The zero-order valence-corrected chi connectivity index (χ0v) is 12.7. The SMILES string of the molecule is O=C(/C=C/c1ccccc1F)N1CCC2(O)CCCCC2C1. The minimum atomic E-state index is -0.579. The average Bonchev–Trinajstić information content (AvgIpc) is 2.53. The van der Waals surface area contributed by atoms with Gasteiger partial charge in [0.05, 0.1) is 5.60 Å². The highest BCUT2D eigenvalue weighted by Crippen LogP contribution is 2.39. The molecule has 0 aromatic heterocycles. The summed E-state index contributed by atoms with van der Waals surface area (Å²) in [5, 5.41) is 10.6. The largest absolute Gasteiger partial charge is 0.389 e. The Balaban J connectivity index is 1.65. The van der Waals surface area contributed by atoms with E-state index in [1.807, 2.05) is 0 Å². The summed E-state index contributed by atoms with van der Waals surface area (Å²) in [7, 11) is 0. The second kappa shape index (κ2) is 6.21. The van der Waals surface area contributed by atoms with Crippen molar-refractivity contribution in [1.82, 2.24) is 4.90 Å². The van der Waals surface area contributed by atoms with Gasteiger partial charge in [0, 0.05) is 30.6 Å². The molecule has 1 aromatic rings. The summed E-state index contributed by atoms with van der Waals surface area (Å²) in [5.74, 6) is -0.247. The van der Waals surface area contributed by atoms with Gasteiger partial charge in [-0.2, -0.15) is 0 Å². The maximum atomic E-state index is 13.5. The van der Waals surface area contributed by atoms with Crippen LogP contribution in [0.5, 0.6) is 0 Å². The Morgan fingerprint density at radius 3 is 2.95 bits per heavy atom. The lowest BCUT2D eigenvalue weighted by Gasteiger charge is -2.47. The number of rotatable bonds is 2. The van der Waals surface area contributed by atoms with Crippen molar-refractivity contribution >= 4 is 12.0 Å². The second-order valence-electron chi connectivity index (χ2n) is 6.44. The number of nitrogens with zero attached hydrogens (tertiary/aromatic N) is 1. The molecular formula is C18H22FNO2. The van der Waals surface area contributed by atoms with Crippen molar-refractivity contribution in [2.75, 3.05) is 13.1 Å². The molecular weight excluding hydrogens is 281 g/mol. The van der Waals surface area contributed by atoms with Gasteiger partial charge >= 0.3 is 0 Å². The van der Waals surface area contributed by atoms with Gasteiger partial charge in [0.1, 0.15) is 5.82 Å². The molecule has 1 amide bonds. The molecule has 0 bridgehead atoms. The van der Waals surface area contributed by atoms with E-state index in [1.54, 1.807) is 23.1 Å². The zero-order chi connectivity index (χ0) is 15.6. The molecule has 118 valence electrons. The number of aliphatic hydroxyl groups is 1. The maximum Gasteiger partial charge on any atom is 0.246 e. The Hall–Kier alpha value is -1.68. The van der Waals surface area contributed by atoms with E-state index in [9.17, 15) is 14.3 Å². The lowest BCUT2D eigenvalue weighted by molar-refractivity contribution is -0.138. The summed E-state index contributed by atoms with van der Waals surface area (Å²) in [6.45, 7) is 1.18. The van der Waals surface area contributed by atoms with Crippen molar-refractivity contribution in [3.05, 3.63) is 41.7 Å². The molecule has 2 fully saturated rings. The summed E-state index contributed by atoms with van der Waals surface area (Å²) < 4.78 is 13.5. The topological polar surface area (TPSA) is 40.5 Å². The fourth-order valence-corrected chi connectivity index (χ4v) is 3.65. The minimum Gasteiger partial charge on any atom is -0.389 e. The molecule has 0 spiro atoms. The van der Waals surface area contributed by atoms with Gasteiger partial charge in [-0.25, -0.2) is 4.39 Å². The fourth-order valence-electron chi connectivity index (χ4n) is 3.65. The van der Waals surface area contributed by atoms with Crippen molar-refractivity contribution in [1.29, 1.82) is 0 Å². The summed E-state index contributed by atoms with van der Waals surface area (Å²) in [4.78, 5) is 14.1. The normalized spacial score (nSPS) is 28.6. The van der Waals surface area contributed by atoms with Crippen LogP contribution in [0.4, 0.5) is 4.39 Å². The molecule has 22 heavy (non-hydrogen) atoms. The van der Waals surface area contributed by atoms with Crippen molar-refractivity contribution in [2.24, 2.45) is 5.92 Å². The van der Waals surface area contributed by atoms with E-state index in [-0.39, 0.29) is 17.6 Å². The van der Waals surface area contributed by atoms with Crippen LogP contribution in [0.3, 0.4) is 0 Å². The van der Waals surface area contributed by atoms with Gasteiger partial charge in [-0.3, -0.25) is 4.79 Å². The van der Waals surface area contributed by atoms with Crippen molar-refractivity contribution in [3.63, 3.8) is 0 Å². The molecule has 1 aliphatic heterocycles. The minimum absolute atomic E-state index is 0.101. The van der Waals surface area contributed by atoms with E-state index in [1.165, 1.54) is 18.2 Å². The highest BCUT2D eigenvalue weighted by atomic mass is 19.1. The molecule has 3 nitrogen and oxygen atoms in total. The van der Waals surface area contributed by atoms with Crippen LogP contribution in [0.25, 0.3) is 6.08 Å². The van der Waals surface area contributed by atoms with Crippen molar-refractivity contribution in [3.8, 4) is 0 Å². The number of amides is 1. The molecule has 4 heteroatoms. The van der Waals surface area contributed by atoms with Crippen LogP contribution >= 0.6 is 0 Å². The van der Waals surface area contributed by atoms with Crippen molar-refractivity contribution in [2.45, 2.75) is 37.7 Å². The Labute approximate surface area is 130 Å². The number of hydrogen-bond donors (Lipinski definition) is 1. The van der Waals surface area contributed by atoms with Gasteiger partial charge in [-0.15, -0.1) is 0 Å². The molecule has 2 unspecified atom stereocenters. The quantitative estimate of drug-likeness (QED) is 0.853. The molecule has 1 saturated heterocycles. The molecule has 1 N–H and O–H groups in total. The predicted molar refractivity (Wildman–Crippen MR) is 83.5 cm³/mol. The number of hydrogen-bond acceptors (Lipinski definition) is 2. The van der Waals surface area contributed by atoms with E-state index in [0.29, 0.717) is 25.1 Å². The molecule has 1 aliphatic carbocycles. The van der Waals surface area contributed by atoms with Gasteiger partial charge < -0.3 is 10.0 Å². The first kappa shape index (κ1) is 15.2. The van der Waals surface area contributed by atoms with E-state index < -0.39 is 5.60 Å². The average molecular weight is 303 g/mol. The van der Waals surface area contributed by atoms with Gasteiger partial charge in [0.15, 0.2) is 0 Å². The third kappa shape index (κ3) is 3.07. The number of carbonyl (C=O) groups excluding carboxylic acids is 1. The third-order valence-electron chi connectivity index (χ3n) is 5.05. The number of likely N-dealkylation sites (tertiary alicyclic amines) is 1. The smallest absolute Gasteiger partial charge is 0.246 e. The second-order valence-corrected chi connectivity index (χ2v) is 6.44. The lowest BCUT2D eigenvalue weighted by Crippen LogP contribution is -2.54. The number of piperidine rings is 1. The Morgan fingerprint density at radius 2 is 2.14 bits per heavy atom. The van der Waals surface area contributed by atoms with E-state index >= 15 is 0 Å². The Kier molecular flexibility index (Phi) is 4.30. The van der Waals surface area contributed by atoms with E-state index in [2.05, 4.69) is 0 Å². The number of benzene rings is 1. The maximum absolute atomic E-state index is 13.5. The number of carbonyl (C=O) groups is 1. The van der Waals surface area contributed by atoms with Crippen LogP contribution in [0.15, 0.2) is 30.3 Å². The van der Waals surface area contributed by atoms with Gasteiger partial charge in [0.25, 0.3) is 0 Å². The van der Waals surface area contributed by atoms with Crippen LogP contribution < -0.4 is 0 Å². The molecule has 0 radical (unpaired) electrons. The summed E-state index contributed by atoms with van der Waals surface area (Å²) in [6.07, 6.45) is 7.65. The number of fused-ring (bicyclic) bond motifs is 1. The first-order valence-electron chi connectivity index (χ1n) is 8.02. The molecule has 1 saturated carbocycles. The van der Waals surface area contributed by atoms with Crippen LogP contribution in [0, 0.1) is 11.7 Å². The third-order valence-corrected chi connectivity index (χ3v) is 5.05. The van der Waals surface area contributed by atoms with Crippen LogP contribution in [-0.4, -0.2) is 34.6 Å². The Bertz CT molecular complexity index is 586. The zero-order valence-electron chi connectivity index (χ0n) is 12.7. The first-order valence-corrected chi connectivity index (χ1v) is 8.02. The van der Waals surface area contributed by atoms with Gasteiger partial charge in [-0.1, -0.05) is 31.0 Å². The van der Waals surface area contributed by atoms with Crippen molar-refractivity contribution < 1.29 is 14.3 Å². The van der Waals surface area contributed by atoms with E-state index in [4.69, 9.17) is 0 Å². The molecule has 2 atom stereocenters. The monoisotopic (exact) mass is 303 g/mol. The van der Waals surface area contributed by atoms with Gasteiger partial charge in [-0.05, 0) is 31.4 Å². The summed E-state index contributed by atoms with van der Waals surface area (Å²) in [5.41, 5.74) is -0.161. The highest BCUT2D eigenvalue weighted by molar-refractivity contribution is 5.91. The molecule has 2 aliphatic rings.